The molecule has 0 amide bonds. The van der Waals surface area contributed by atoms with Gasteiger partial charge in [-0.1, -0.05) is 13.8 Å². The van der Waals surface area contributed by atoms with Crippen molar-refractivity contribution >= 4 is 11.3 Å². The SMILES string of the molecule is CNCc1ccc(COC(C)CC(C)C)s1. The fourth-order valence-electron chi connectivity index (χ4n) is 1.73. The lowest BCUT2D eigenvalue weighted by molar-refractivity contribution is 0.0412. The van der Waals surface area contributed by atoms with Crippen LogP contribution in [0, 0.1) is 5.92 Å². The van der Waals surface area contributed by atoms with Crippen LogP contribution in [0.2, 0.25) is 0 Å². The van der Waals surface area contributed by atoms with E-state index in [4.69, 9.17) is 4.74 Å². The Kier molecular flexibility index (Phi) is 6.03. The molecular weight excluding hydrogens is 218 g/mol. The maximum Gasteiger partial charge on any atom is 0.0813 e. The maximum atomic E-state index is 5.82. The molecule has 1 aromatic heterocycles. The minimum atomic E-state index is 0.356. The van der Waals surface area contributed by atoms with E-state index < -0.39 is 0 Å². The molecule has 1 aromatic rings. The molecule has 1 rings (SSSR count). The zero-order valence-corrected chi connectivity index (χ0v) is 11.6. The molecule has 0 saturated carbocycles. The van der Waals surface area contributed by atoms with Gasteiger partial charge in [0.1, 0.15) is 0 Å². The number of hydrogen-bond acceptors (Lipinski definition) is 3. The molecule has 0 bridgehead atoms. The minimum Gasteiger partial charge on any atom is -0.373 e. The Hall–Kier alpha value is -0.380. The first-order valence-corrected chi connectivity index (χ1v) is 6.77. The average molecular weight is 241 g/mol. The van der Waals surface area contributed by atoms with Crippen LogP contribution in [0.5, 0.6) is 0 Å². The smallest absolute Gasteiger partial charge is 0.0813 e. The van der Waals surface area contributed by atoms with E-state index in [1.807, 2.05) is 18.4 Å². The lowest BCUT2D eigenvalue weighted by atomic mass is 10.1. The van der Waals surface area contributed by atoms with Gasteiger partial charge in [-0.3, -0.25) is 0 Å². The Labute approximate surface area is 103 Å². The predicted octanol–water partition coefficient (Wildman–Crippen LogP) is 3.42. The van der Waals surface area contributed by atoms with Crippen LogP contribution in [0.3, 0.4) is 0 Å². The predicted molar refractivity (Wildman–Crippen MR) is 70.8 cm³/mol. The van der Waals surface area contributed by atoms with E-state index in [1.165, 1.54) is 9.75 Å². The molecule has 0 aromatic carbocycles. The summed E-state index contributed by atoms with van der Waals surface area (Å²) >= 11 is 1.83. The average Bonchev–Trinajstić information content (AvgIpc) is 2.62. The highest BCUT2D eigenvalue weighted by molar-refractivity contribution is 7.11. The van der Waals surface area contributed by atoms with E-state index in [2.05, 4.69) is 38.2 Å². The zero-order valence-electron chi connectivity index (χ0n) is 10.7. The second kappa shape index (κ2) is 7.05. The molecular formula is C13H23NOS. The highest BCUT2D eigenvalue weighted by Crippen LogP contribution is 2.18. The van der Waals surface area contributed by atoms with Gasteiger partial charge in [0.15, 0.2) is 0 Å². The highest BCUT2D eigenvalue weighted by Gasteiger charge is 2.06. The monoisotopic (exact) mass is 241 g/mol. The van der Waals surface area contributed by atoms with Crippen molar-refractivity contribution in [1.82, 2.24) is 5.32 Å². The molecule has 2 nitrogen and oxygen atoms in total. The van der Waals surface area contributed by atoms with Crippen molar-refractivity contribution in [2.75, 3.05) is 7.05 Å². The first-order chi connectivity index (χ1) is 7.61. The highest BCUT2D eigenvalue weighted by atomic mass is 32.1. The number of hydrogen-bond donors (Lipinski definition) is 1. The van der Waals surface area contributed by atoms with Crippen LogP contribution in [0.4, 0.5) is 0 Å². The van der Waals surface area contributed by atoms with E-state index in [0.717, 1.165) is 19.6 Å². The molecule has 0 aliphatic rings. The summed E-state index contributed by atoms with van der Waals surface area (Å²) < 4.78 is 5.82. The second-order valence-corrected chi connectivity index (χ2v) is 5.90. The number of nitrogens with one attached hydrogen (secondary N) is 1. The second-order valence-electron chi connectivity index (χ2n) is 4.65. The molecule has 16 heavy (non-hydrogen) atoms. The van der Waals surface area contributed by atoms with Gasteiger partial charge in [-0.15, -0.1) is 11.3 Å². The van der Waals surface area contributed by atoms with Crippen molar-refractivity contribution in [1.29, 1.82) is 0 Å². The Balaban J connectivity index is 2.30. The molecule has 1 unspecified atom stereocenters. The number of thiophene rings is 1. The van der Waals surface area contributed by atoms with Crippen LogP contribution in [0.15, 0.2) is 12.1 Å². The van der Waals surface area contributed by atoms with Gasteiger partial charge in [0.25, 0.3) is 0 Å². The maximum absolute atomic E-state index is 5.82. The summed E-state index contributed by atoms with van der Waals surface area (Å²) in [6.45, 7) is 8.32. The Morgan fingerprint density at radius 1 is 1.25 bits per heavy atom. The topological polar surface area (TPSA) is 21.3 Å². The van der Waals surface area contributed by atoms with Crippen molar-refractivity contribution in [3.63, 3.8) is 0 Å². The van der Waals surface area contributed by atoms with Crippen LogP contribution < -0.4 is 5.32 Å². The van der Waals surface area contributed by atoms with Crippen molar-refractivity contribution in [3.8, 4) is 0 Å². The molecule has 1 heterocycles. The molecule has 0 radical (unpaired) electrons. The van der Waals surface area contributed by atoms with Crippen LogP contribution >= 0.6 is 11.3 Å². The van der Waals surface area contributed by atoms with Gasteiger partial charge in [-0.25, -0.2) is 0 Å². The molecule has 1 N–H and O–H groups in total. The molecule has 0 spiro atoms. The summed E-state index contributed by atoms with van der Waals surface area (Å²) in [5, 5.41) is 3.16. The van der Waals surface area contributed by atoms with E-state index >= 15 is 0 Å². The van der Waals surface area contributed by atoms with Gasteiger partial charge in [-0.05, 0) is 38.4 Å². The zero-order chi connectivity index (χ0) is 12.0. The van der Waals surface area contributed by atoms with Gasteiger partial charge < -0.3 is 10.1 Å². The van der Waals surface area contributed by atoms with Crippen molar-refractivity contribution in [2.24, 2.45) is 5.92 Å². The van der Waals surface area contributed by atoms with Gasteiger partial charge in [-0.2, -0.15) is 0 Å². The van der Waals surface area contributed by atoms with Crippen molar-refractivity contribution in [2.45, 2.75) is 46.4 Å². The van der Waals surface area contributed by atoms with E-state index in [1.54, 1.807) is 0 Å². The Morgan fingerprint density at radius 2 is 1.94 bits per heavy atom. The third kappa shape index (κ3) is 5.10. The Morgan fingerprint density at radius 3 is 2.56 bits per heavy atom. The molecule has 92 valence electrons. The molecule has 0 saturated heterocycles. The quantitative estimate of drug-likeness (QED) is 0.790. The summed E-state index contributed by atoms with van der Waals surface area (Å²) in [4.78, 5) is 2.69. The summed E-state index contributed by atoms with van der Waals surface area (Å²) in [7, 11) is 1.97. The largest absolute Gasteiger partial charge is 0.373 e. The Bertz CT molecular complexity index is 296. The van der Waals surface area contributed by atoms with Gasteiger partial charge in [0.2, 0.25) is 0 Å². The van der Waals surface area contributed by atoms with Gasteiger partial charge >= 0.3 is 0 Å². The fraction of sp³-hybridized carbons (Fsp3) is 0.692. The summed E-state index contributed by atoms with van der Waals surface area (Å²) in [5.74, 6) is 0.707. The normalized spacial score (nSPS) is 13.3. The third-order valence-electron chi connectivity index (χ3n) is 2.38. The summed E-state index contributed by atoms with van der Waals surface area (Å²) in [5.41, 5.74) is 0. The fourth-order valence-corrected chi connectivity index (χ4v) is 2.68. The standard InChI is InChI=1S/C13H23NOS/c1-10(2)7-11(3)15-9-13-6-5-12(16-13)8-14-4/h5-6,10-11,14H,7-9H2,1-4H3. The van der Waals surface area contributed by atoms with Crippen LogP contribution in [0.25, 0.3) is 0 Å². The molecule has 1 atom stereocenters. The first-order valence-electron chi connectivity index (χ1n) is 5.95. The first kappa shape index (κ1) is 13.7. The van der Waals surface area contributed by atoms with Crippen LogP contribution in [-0.2, 0) is 17.9 Å². The van der Waals surface area contributed by atoms with Crippen LogP contribution in [0.1, 0.15) is 36.9 Å². The molecule has 0 aliphatic heterocycles. The van der Waals surface area contributed by atoms with Crippen molar-refractivity contribution < 1.29 is 4.74 Å². The van der Waals surface area contributed by atoms with Crippen molar-refractivity contribution in [3.05, 3.63) is 21.9 Å². The van der Waals surface area contributed by atoms with Crippen LogP contribution in [-0.4, -0.2) is 13.2 Å². The molecule has 0 fully saturated rings. The van der Waals surface area contributed by atoms with E-state index in [0.29, 0.717) is 12.0 Å². The lowest BCUT2D eigenvalue weighted by Gasteiger charge is -2.14. The molecule has 3 heteroatoms. The molecule has 0 aliphatic carbocycles. The third-order valence-corrected chi connectivity index (χ3v) is 3.44. The number of ether oxygens (including phenoxy) is 1. The van der Waals surface area contributed by atoms with E-state index in [-0.39, 0.29) is 0 Å². The van der Waals surface area contributed by atoms with Gasteiger partial charge in [0, 0.05) is 16.3 Å². The minimum absolute atomic E-state index is 0.356. The number of rotatable bonds is 7. The van der Waals surface area contributed by atoms with E-state index in [9.17, 15) is 0 Å². The lowest BCUT2D eigenvalue weighted by Crippen LogP contribution is -2.10. The summed E-state index contributed by atoms with van der Waals surface area (Å²) in [6, 6.07) is 4.34. The van der Waals surface area contributed by atoms with Gasteiger partial charge in [0.05, 0.1) is 12.7 Å². The summed E-state index contributed by atoms with van der Waals surface area (Å²) in [6.07, 6.45) is 1.49.